The van der Waals surface area contributed by atoms with E-state index in [9.17, 15) is 8.78 Å². The Bertz CT molecular complexity index is 487. The molecule has 2 aromatic rings. The van der Waals surface area contributed by atoms with Crippen molar-refractivity contribution in [1.82, 2.24) is 14.8 Å². The predicted octanol–water partition coefficient (Wildman–Crippen LogP) is 1.44. The molecule has 2 rings (SSSR count). The molecular weight excluding hydrogens is 202 g/mol. The van der Waals surface area contributed by atoms with Crippen LogP contribution in [0.15, 0.2) is 18.5 Å². The molecule has 0 atom stereocenters. The minimum absolute atomic E-state index is 0.0730. The lowest BCUT2D eigenvalue weighted by Gasteiger charge is -2.00. The van der Waals surface area contributed by atoms with E-state index in [1.54, 1.807) is 6.92 Å². The van der Waals surface area contributed by atoms with Crippen molar-refractivity contribution in [2.24, 2.45) is 0 Å². The highest BCUT2D eigenvalue weighted by atomic mass is 19.1. The maximum Gasteiger partial charge on any atom is 0.189 e. The third-order valence-corrected chi connectivity index (χ3v) is 1.94. The van der Waals surface area contributed by atoms with E-state index in [1.807, 2.05) is 0 Å². The second kappa shape index (κ2) is 3.30. The van der Waals surface area contributed by atoms with Crippen LogP contribution in [-0.4, -0.2) is 14.8 Å². The Morgan fingerprint density at radius 3 is 2.67 bits per heavy atom. The summed E-state index contributed by atoms with van der Waals surface area (Å²) in [5.74, 6) is -1.29. The predicted molar refractivity (Wildman–Crippen MR) is 50.4 cm³/mol. The van der Waals surface area contributed by atoms with E-state index in [2.05, 4.69) is 10.1 Å². The van der Waals surface area contributed by atoms with Gasteiger partial charge in [-0.25, -0.2) is 18.4 Å². The van der Waals surface area contributed by atoms with E-state index in [0.29, 0.717) is 11.4 Å². The highest BCUT2D eigenvalue weighted by molar-refractivity contribution is 5.39. The van der Waals surface area contributed by atoms with Crippen molar-refractivity contribution in [2.45, 2.75) is 6.92 Å². The molecule has 0 amide bonds. The van der Waals surface area contributed by atoms with Crippen LogP contribution >= 0.6 is 0 Å². The highest BCUT2D eigenvalue weighted by Gasteiger charge is 2.10. The quantitative estimate of drug-likeness (QED) is 0.774. The van der Waals surface area contributed by atoms with Gasteiger partial charge in [-0.15, -0.1) is 5.10 Å². The Kier molecular flexibility index (Phi) is 2.11. The molecule has 0 aromatic carbocycles. The Hall–Kier alpha value is -1.98. The first-order valence-electron chi connectivity index (χ1n) is 4.21. The number of pyridine rings is 1. The van der Waals surface area contributed by atoms with Crippen LogP contribution in [0.25, 0.3) is 5.82 Å². The molecule has 0 bridgehead atoms. The number of rotatable bonds is 1. The first-order valence-corrected chi connectivity index (χ1v) is 4.21. The fourth-order valence-corrected chi connectivity index (χ4v) is 1.16. The van der Waals surface area contributed by atoms with E-state index in [1.165, 1.54) is 10.9 Å². The van der Waals surface area contributed by atoms with Crippen molar-refractivity contribution >= 4 is 5.82 Å². The van der Waals surface area contributed by atoms with Gasteiger partial charge >= 0.3 is 0 Å². The lowest BCUT2D eigenvalue weighted by Crippen LogP contribution is -2.02. The Balaban J connectivity index is 2.54. The van der Waals surface area contributed by atoms with E-state index >= 15 is 0 Å². The zero-order valence-electron chi connectivity index (χ0n) is 7.91. The average molecular weight is 210 g/mol. The zero-order chi connectivity index (χ0) is 11.0. The molecule has 0 spiro atoms. The van der Waals surface area contributed by atoms with Gasteiger partial charge in [-0.05, 0) is 6.92 Å². The normalized spacial score (nSPS) is 10.6. The molecule has 0 unspecified atom stereocenters. The summed E-state index contributed by atoms with van der Waals surface area (Å²) in [6.07, 6.45) is 2.45. The van der Waals surface area contributed by atoms with Crippen molar-refractivity contribution < 1.29 is 8.78 Å². The van der Waals surface area contributed by atoms with Crippen LogP contribution in [0, 0.1) is 18.6 Å². The van der Waals surface area contributed by atoms with Gasteiger partial charge in [0.2, 0.25) is 0 Å². The van der Waals surface area contributed by atoms with Gasteiger partial charge in [0.1, 0.15) is 11.6 Å². The lowest BCUT2D eigenvalue weighted by atomic mass is 10.4. The number of halogens is 2. The van der Waals surface area contributed by atoms with E-state index < -0.39 is 11.6 Å². The molecule has 2 heterocycles. The Morgan fingerprint density at radius 2 is 2.13 bits per heavy atom. The SMILES string of the molecule is Cc1cn(-c2ncc(F)cc2F)nc1N. The van der Waals surface area contributed by atoms with Gasteiger partial charge in [0.05, 0.1) is 6.20 Å². The summed E-state index contributed by atoms with van der Waals surface area (Å²) in [7, 11) is 0. The first-order chi connectivity index (χ1) is 7.08. The second-order valence-electron chi connectivity index (χ2n) is 3.10. The van der Waals surface area contributed by atoms with Crippen molar-refractivity contribution in [3.8, 4) is 5.82 Å². The van der Waals surface area contributed by atoms with Crippen LogP contribution in [0.4, 0.5) is 14.6 Å². The van der Waals surface area contributed by atoms with Gasteiger partial charge in [0, 0.05) is 17.8 Å². The van der Waals surface area contributed by atoms with Crippen LogP contribution in [0.1, 0.15) is 5.56 Å². The summed E-state index contributed by atoms with van der Waals surface area (Å²) in [6, 6.07) is 0.746. The maximum atomic E-state index is 13.3. The topological polar surface area (TPSA) is 56.7 Å². The lowest BCUT2D eigenvalue weighted by molar-refractivity contribution is 0.560. The molecule has 0 saturated heterocycles. The van der Waals surface area contributed by atoms with E-state index in [-0.39, 0.29) is 5.82 Å². The van der Waals surface area contributed by atoms with E-state index in [4.69, 9.17) is 5.73 Å². The third kappa shape index (κ3) is 1.65. The Labute approximate surface area is 84.4 Å². The molecule has 4 nitrogen and oxygen atoms in total. The average Bonchev–Trinajstić information content (AvgIpc) is 2.46. The van der Waals surface area contributed by atoms with Crippen LogP contribution < -0.4 is 5.73 Å². The first kappa shape index (κ1) is 9.57. The van der Waals surface area contributed by atoms with Gasteiger partial charge in [-0.3, -0.25) is 0 Å². The van der Waals surface area contributed by atoms with Crippen LogP contribution in [-0.2, 0) is 0 Å². The summed E-state index contributed by atoms with van der Waals surface area (Å²) in [5, 5.41) is 3.84. The highest BCUT2D eigenvalue weighted by Crippen LogP contribution is 2.14. The summed E-state index contributed by atoms with van der Waals surface area (Å²) < 4.78 is 27.0. The fourth-order valence-electron chi connectivity index (χ4n) is 1.16. The summed E-state index contributed by atoms with van der Waals surface area (Å²) in [6.45, 7) is 1.74. The monoisotopic (exact) mass is 210 g/mol. The number of aryl methyl sites for hydroxylation is 1. The molecular formula is C9H8F2N4. The van der Waals surface area contributed by atoms with Gasteiger partial charge in [0.15, 0.2) is 11.6 Å². The van der Waals surface area contributed by atoms with Crippen molar-refractivity contribution in [1.29, 1.82) is 0 Å². The molecule has 0 aliphatic rings. The number of nitrogens with two attached hydrogens (primary N) is 1. The van der Waals surface area contributed by atoms with Crippen LogP contribution in [0.3, 0.4) is 0 Å². The molecule has 6 heteroatoms. The smallest absolute Gasteiger partial charge is 0.189 e. The number of hydrogen-bond donors (Lipinski definition) is 1. The standard InChI is InChI=1S/C9H8F2N4/c1-5-4-15(14-8(5)12)9-7(11)2-6(10)3-13-9/h2-4H,1H3,(H2,12,14). The Morgan fingerprint density at radius 1 is 1.40 bits per heavy atom. The number of aromatic nitrogens is 3. The van der Waals surface area contributed by atoms with Gasteiger partial charge in [0.25, 0.3) is 0 Å². The molecule has 0 aliphatic heterocycles. The molecule has 0 radical (unpaired) electrons. The summed E-state index contributed by atoms with van der Waals surface area (Å²) in [4.78, 5) is 3.60. The van der Waals surface area contributed by atoms with E-state index in [0.717, 1.165) is 12.3 Å². The fraction of sp³-hybridized carbons (Fsp3) is 0.111. The van der Waals surface area contributed by atoms with Gasteiger partial charge in [-0.2, -0.15) is 0 Å². The van der Waals surface area contributed by atoms with Crippen LogP contribution in [0.5, 0.6) is 0 Å². The molecule has 0 aliphatic carbocycles. The number of hydrogen-bond acceptors (Lipinski definition) is 3. The minimum atomic E-state index is -0.780. The minimum Gasteiger partial charge on any atom is -0.382 e. The van der Waals surface area contributed by atoms with Gasteiger partial charge in [-0.1, -0.05) is 0 Å². The number of nitrogens with zero attached hydrogens (tertiary/aromatic N) is 3. The molecule has 2 N–H and O–H groups in total. The molecule has 15 heavy (non-hydrogen) atoms. The van der Waals surface area contributed by atoms with Crippen molar-refractivity contribution in [3.63, 3.8) is 0 Å². The second-order valence-corrected chi connectivity index (χ2v) is 3.10. The molecule has 78 valence electrons. The third-order valence-electron chi connectivity index (χ3n) is 1.94. The molecule has 0 fully saturated rings. The summed E-state index contributed by atoms with van der Waals surface area (Å²) in [5.41, 5.74) is 6.21. The molecule has 0 saturated carbocycles. The van der Waals surface area contributed by atoms with Crippen LogP contribution in [0.2, 0.25) is 0 Å². The number of anilines is 1. The van der Waals surface area contributed by atoms with Gasteiger partial charge < -0.3 is 5.73 Å². The largest absolute Gasteiger partial charge is 0.382 e. The summed E-state index contributed by atoms with van der Waals surface area (Å²) >= 11 is 0. The zero-order valence-corrected chi connectivity index (χ0v) is 7.91. The maximum absolute atomic E-state index is 13.3. The van der Waals surface area contributed by atoms with Crippen molar-refractivity contribution in [3.05, 3.63) is 35.7 Å². The molecule has 2 aromatic heterocycles. The number of nitrogen functional groups attached to an aromatic ring is 1. The van der Waals surface area contributed by atoms with Crippen molar-refractivity contribution in [2.75, 3.05) is 5.73 Å².